The summed E-state index contributed by atoms with van der Waals surface area (Å²) in [6.07, 6.45) is 1.55. The van der Waals surface area contributed by atoms with E-state index in [4.69, 9.17) is 5.26 Å². The minimum Gasteiger partial charge on any atom is -0.465 e. The lowest BCUT2D eigenvalue weighted by Gasteiger charge is -2.00. The third-order valence-corrected chi connectivity index (χ3v) is 2.10. The smallest absolute Gasteiger partial charge is 0.337 e. The molecule has 74 valence electrons. The van der Waals surface area contributed by atoms with Gasteiger partial charge in [-0.15, -0.1) is 0 Å². The van der Waals surface area contributed by atoms with Crippen LogP contribution < -0.4 is 0 Å². The highest BCUT2D eigenvalue weighted by atomic mass is 16.5. The molecule has 1 aromatic heterocycles. The summed E-state index contributed by atoms with van der Waals surface area (Å²) >= 11 is 0. The molecule has 1 heterocycles. The van der Waals surface area contributed by atoms with Crippen molar-refractivity contribution < 1.29 is 9.53 Å². The van der Waals surface area contributed by atoms with E-state index in [1.54, 1.807) is 12.3 Å². The molecule has 0 unspecified atom stereocenters. The lowest BCUT2D eigenvalue weighted by atomic mass is 10.1. The quantitative estimate of drug-likeness (QED) is 0.703. The molecule has 0 saturated heterocycles. The standard InChI is InChI=1S/C10H7N3O2/c1-15-10(14)6-2-7(4-11)8-5-12-13-9(8)3-6/h2-3,5H,1H3,(H,12,13). The van der Waals surface area contributed by atoms with Crippen LogP contribution in [0.25, 0.3) is 10.9 Å². The maximum Gasteiger partial charge on any atom is 0.337 e. The van der Waals surface area contributed by atoms with Gasteiger partial charge in [0.25, 0.3) is 0 Å². The minimum atomic E-state index is -0.469. The lowest BCUT2D eigenvalue weighted by molar-refractivity contribution is 0.0601. The second-order valence-electron chi connectivity index (χ2n) is 2.96. The summed E-state index contributed by atoms with van der Waals surface area (Å²) < 4.78 is 4.58. The largest absolute Gasteiger partial charge is 0.465 e. The van der Waals surface area contributed by atoms with Crippen LogP contribution in [-0.2, 0) is 4.74 Å². The number of nitrogens with one attached hydrogen (secondary N) is 1. The molecule has 0 atom stereocenters. The number of rotatable bonds is 1. The van der Waals surface area contributed by atoms with Crippen molar-refractivity contribution in [2.24, 2.45) is 0 Å². The van der Waals surface area contributed by atoms with Gasteiger partial charge in [0.2, 0.25) is 0 Å². The van der Waals surface area contributed by atoms with E-state index in [1.807, 2.05) is 6.07 Å². The molecule has 0 amide bonds. The number of carbonyl (C=O) groups excluding carboxylic acids is 1. The number of fused-ring (bicyclic) bond motifs is 1. The maximum absolute atomic E-state index is 11.3. The zero-order valence-electron chi connectivity index (χ0n) is 7.94. The average Bonchev–Trinajstić information content (AvgIpc) is 2.74. The fraction of sp³-hybridized carbons (Fsp3) is 0.100. The molecule has 0 aliphatic carbocycles. The van der Waals surface area contributed by atoms with Gasteiger partial charge in [0.05, 0.1) is 36.0 Å². The fourth-order valence-electron chi connectivity index (χ4n) is 1.38. The van der Waals surface area contributed by atoms with Gasteiger partial charge < -0.3 is 4.74 Å². The van der Waals surface area contributed by atoms with Crippen molar-refractivity contribution in [3.8, 4) is 6.07 Å². The average molecular weight is 201 g/mol. The molecule has 2 aromatic rings. The van der Waals surface area contributed by atoms with E-state index in [2.05, 4.69) is 14.9 Å². The van der Waals surface area contributed by atoms with Crippen LogP contribution in [-0.4, -0.2) is 23.3 Å². The highest BCUT2D eigenvalue weighted by molar-refractivity contribution is 5.96. The molecule has 15 heavy (non-hydrogen) atoms. The normalized spacial score (nSPS) is 9.87. The van der Waals surface area contributed by atoms with Crippen LogP contribution in [0, 0.1) is 11.3 Å². The number of nitriles is 1. The topological polar surface area (TPSA) is 78.8 Å². The molecule has 1 N–H and O–H groups in total. The van der Waals surface area contributed by atoms with Gasteiger partial charge in [0.15, 0.2) is 0 Å². The van der Waals surface area contributed by atoms with Crippen molar-refractivity contribution in [1.29, 1.82) is 5.26 Å². The number of ether oxygens (including phenoxy) is 1. The predicted molar refractivity (Wildman–Crippen MR) is 52.1 cm³/mol. The highest BCUT2D eigenvalue weighted by Crippen LogP contribution is 2.18. The Morgan fingerprint density at radius 2 is 2.40 bits per heavy atom. The van der Waals surface area contributed by atoms with Crippen molar-refractivity contribution in [3.63, 3.8) is 0 Å². The second-order valence-corrected chi connectivity index (χ2v) is 2.96. The molecule has 0 bridgehead atoms. The van der Waals surface area contributed by atoms with Crippen molar-refractivity contribution in [2.75, 3.05) is 7.11 Å². The first kappa shape index (κ1) is 9.21. The molecular weight excluding hydrogens is 194 g/mol. The number of methoxy groups -OCH3 is 1. The van der Waals surface area contributed by atoms with Crippen molar-refractivity contribution in [2.45, 2.75) is 0 Å². The number of benzene rings is 1. The number of hydrogen-bond acceptors (Lipinski definition) is 4. The van der Waals surface area contributed by atoms with E-state index in [1.165, 1.54) is 13.2 Å². The van der Waals surface area contributed by atoms with Crippen LogP contribution >= 0.6 is 0 Å². The fourth-order valence-corrected chi connectivity index (χ4v) is 1.38. The number of nitrogens with zero attached hydrogens (tertiary/aromatic N) is 2. The van der Waals surface area contributed by atoms with Crippen LogP contribution in [0.5, 0.6) is 0 Å². The van der Waals surface area contributed by atoms with Gasteiger partial charge in [-0.1, -0.05) is 0 Å². The molecular formula is C10H7N3O2. The first-order valence-electron chi connectivity index (χ1n) is 4.22. The Morgan fingerprint density at radius 1 is 1.60 bits per heavy atom. The highest BCUT2D eigenvalue weighted by Gasteiger charge is 2.11. The van der Waals surface area contributed by atoms with Crippen molar-refractivity contribution in [1.82, 2.24) is 10.2 Å². The summed E-state index contributed by atoms with van der Waals surface area (Å²) in [5, 5.41) is 16.1. The van der Waals surface area contributed by atoms with Gasteiger partial charge in [-0.3, -0.25) is 5.10 Å². The zero-order valence-corrected chi connectivity index (χ0v) is 7.94. The van der Waals surface area contributed by atoms with Gasteiger partial charge in [-0.25, -0.2) is 4.79 Å². The molecule has 1 aromatic carbocycles. The van der Waals surface area contributed by atoms with E-state index in [0.717, 1.165) is 0 Å². The van der Waals surface area contributed by atoms with Crippen LogP contribution in [0.15, 0.2) is 18.3 Å². The number of carbonyl (C=O) groups is 1. The van der Waals surface area contributed by atoms with Crippen LogP contribution in [0.3, 0.4) is 0 Å². The molecule has 0 fully saturated rings. The Morgan fingerprint density at radius 3 is 3.07 bits per heavy atom. The van der Waals surface area contributed by atoms with Crippen molar-refractivity contribution in [3.05, 3.63) is 29.5 Å². The van der Waals surface area contributed by atoms with Crippen LogP contribution in [0.2, 0.25) is 0 Å². The Kier molecular flexibility index (Phi) is 2.10. The number of aromatic amines is 1. The van der Waals surface area contributed by atoms with Gasteiger partial charge in [-0.05, 0) is 12.1 Å². The molecule has 0 saturated carbocycles. The summed E-state index contributed by atoms with van der Waals surface area (Å²) in [6, 6.07) is 5.10. The molecule has 2 rings (SSSR count). The SMILES string of the molecule is COC(=O)c1cc(C#N)c2cn[nH]c2c1. The van der Waals surface area contributed by atoms with Gasteiger partial charge in [0.1, 0.15) is 0 Å². The van der Waals surface area contributed by atoms with E-state index in [0.29, 0.717) is 22.0 Å². The van der Waals surface area contributed by atoms with Crippen LogP contribution in [0.4, 0.5) is 0 Å². The van der Waals surface area contributed by atoms with E-state index < -0.39 is 5.97 Å². The third-order valence-electron chi connectivity index (χ3n) is 2.10. The van der Waals surface area contributed by atoms with E-state index in [-0.39, 0.29) is 0 Å². The predicted octanol–water partition coefficient (Wildman–Crippen LogP) is 1.22. The first-order chi connectivity index (χ1) is 7.26. The molecule has 0 spiro atoms. The Balaban J connectivity index is 2.70. The van der Waals surface area contributed by atoms with E-state index >= 15 is 0 Å². The van der Waals surface area contributed by atoms with Gasteiger partial charge >= 0.3 is 5.97 Å². The van der Waals surface area contributed by atoms with Gasteiger partial charge in [0, 0.05) is 5.39 Å². The van der Waals surface area contributed by atoms with Crippen LogP contribution in [0.1, 0.15) is 15.9 Å². The summed E-state index contributed by atoms with van der Waals surface area (Å²) in [7, 11) is 1.30. The second kappa shape index (κ2) is 3.42. The minimum absolute atomic E-state index is 0.339. The molecule has 0 aliphatic heterocycles. The Labute approximate surface area is 85.3 Å². The van der Waals surface area contributed by atoms with Crippen molar-refractivity contribution >= 4 is 16.9 Å². The first-order valence-corrected chi connectivity index (χ1v) is 4.22. The number of esters is 1. The number of hydrogen-bond donors (Lipinski definition) is 1. The summed E-state index contributed by atoms with van der Waals surface area (Å²) in [5.74, 6) is -0.469. The van der Waals surface area contributed by atoms with Gasteiger partial charge in [-0.2, -0.15) is 10.4 Å². The van der Waals surface area contributed by atoms with E-state index in [9.17, 15) is 4.79 Å². The monoisotopic (exact) mass is 201 g/mol. The lowest BCUT2D eigenvalue weighted by Crippen LogP contribution is -2.01. The third kappa shape index (κ3) is 1.42. The number of aromatic nitrogens is 2. The molecule has 5 heteroatoms. The Bertz CT molecular complexity index is 566. The molecule has 5 nitrogen and oxygen atoms in total. The summed E-state index contributed by atoms with van der Waals surface area (Å²) in [5.41, 5.74) is 1.39. The molecule has 0 aliphatic rings. The number of H-pyrrole nitrogens is 1. The zero-order chi connectivity index (χ0) is 10.8. The summed E-state index contributed by atoms with van der Waals surface area (Å²) in [4.78, 5) is 11.3. The maximum atomic E-state index is 11.3. The summed E-state index contributed by atoms with van der Waals surface area (Å²) in [6.45, 7) is 0. The Hall–Kier alpha value is -2.35. The molecule has 0 radical (unpaired) electrons.